The van der Waals surface area contributed by atoms with E-state index in [1.165, 1.54) is 33.8 Å². The lowest BCUT2D eigenvalue weighted by atomic mass is 9.72. The first-order valence-electron chi connectivity index (χ1n) is 11.0. The van der Waals surface area contributed by atoms with Gasteiger partial charge in [-0.2, -0.15) is 0 Å². The zero-order chi connectivity index (χ0) is 26.3. The predicted molar refractivity (Wildman–Crippen MR) is 128 cm³/mol. The number of carboxylic acid groups (broad SMARTS) is 2. The number of nitro groups is 1. The molecule has 0 aliphatic rings. The SMILES string of the molecule is CCCc1ccc2oc(=O)c(-c3cc([N+](=O)[O-])c(C(C)(C)C(=O)O)c(C(C)(C)C(=O)O)c3)nc2c1. The number of aromatic nitrogens is 1. The molecule has 0 unspecified atom stereocenters. The lowest BCUT2D eigenvalue weighted by Crippen LogP contribution is -2.37. The first-order valence-corrected chi connectivity index (χ1v) is 11.0. The molecule has 1 aromatic heterocycles. The molecule has 0 bridgehead atoms. The van der Waals surface area contributed by atoms with Gasteiger partial charge in [0.25, 0.3) is 5.69 Å². The number of hydrogen-bond acceptors (Lipinski definition) is 7. The van der Waals surface area contributed by atoms with Gasteiger partial charge in [0.15, 0.2) is 11.3 Å². The molecule has 0 saturated carbocycles. The highest BCUT2D eigenvalue weighted by molar-refractivity contribution is 5.88. The van der Waals surface area contributed by atoms with Crippen molar-refractivity contribution in [2.24, 2.45) is 0 Å². The Labute approximate surface area is 200 Å². The summed E-state index contributed by atoms with van der Waals surface area (Å²) in [6, 6.07) is 7.52. The summed E-state index contributed by atoms with van der Waals surface area (Å²) in [5.74, 6) is -2.70. The van der Waals surface area contributed by atoms with E-state index in [1.54, 1.807) is 12.1 Å². The van der Waals surface area contributed by atoms with Crippen molar-refractivity contribution in [1.82, 2.24) is 4.98 Å². The molecule has 0 radical (unpaired) electrons. The Hall–Kier alpha value is -4.08. The normalized spacial score (nSPS) is 12.0. The second-order valence-corrected chi connectivity index (χ2v) is 9.44. The van der Waals surface area contributed by atoms with E-state index in [0.717, 1.165) is 24.5 Å². The molecule has 35 heavy (non-hydrogen) atoms. The molecule has 3 aromatic rings. The van der Waals surface area contributed by atoms with E-state index in [-0.39, 0.29) is 28.0 Å². The third kappa shape index (κ3) is 4.51. The Morgan fingerprint density at radius 2 is 1.69 bits per heavy atom. The van der Waals surface area contributed by atoms with Crippen molar-refractivity contribution in [3.63, 3.8) is 0 Å². The van der Waals surface area contributed by atoms with Crippen LogP contribution >= 0.6 is 0 Å². The van der Waals surface area contributed by atoms with Crippen molar-refractivity contribution in [2.45, 2.75) is 58.3 Å². The first kappa shape index (κ1) is 25.5. The fourth-order valence-corrected chi connectivity index (χ4v) is 3.96. The molecule has 0 aliphatic heterocycles. The number of aliphatic carboxylic acids is 2. The zero-order valence-corrected chi connectivity index (χ0v) is 20.0. The predicted octanol–water partition coefficient (Wildman–Crippen LogP) is 4.44. The van der Waals surface area contributed by atoms with Gasteiger partial charge in [0.05, 0.1) is 21.3 Å². The van der Waals surface area contributed by atoms with Gasteiger partial charge in [-0.3, -0.25) is 19.7 Å². The molecule has 10 nitrogen and oxygen atoms in total. The van der Waals surface area contributed by atoms with Crippen LogP contribution in [-0.4, -0.2) is 32.1 Å². The summed E-state index contributed by atoms with van der Waals surface area (Å²) in [7, 11) is 0. The van der Waals surface area contributed by atoms with E-state index in [1.807, 2.05) is 13.0 Å². The van der Waals surface area contributed by atoms with Gasteiger partial charge in [0.1, 0.15) is 5.52 Å². The summed E-state index contributed by atoms with van der Waals surface area (Å²) in [5, 5.41) is 31.8. The van der Waals surface area contributed by atoms with Crippen molar-refractivity contribution in [2.75, 3.05) is 0 Å². The monoisotopic (exact) mass is 482 g/mol. The van der Waals surface area contributed by atoms with Crippen LogP contribution in [0.3, 0.4) is 0 Å². The van der Waals surface area contributed by atoms with Crippen LogP contribution in [0.15, 0.2) is 39.5 Å². The summed E-state index contributed by atoms with van der Waals surface area (Å²) < 4.78 is 5.39. The molecular weight excluding hydrogens is 456 g/mol. The second-order valence-electron chi connectivity index (χ2n) is 9.44. The highest BCUT2D eigenvalue weighted by Crippen LogP contribution is 2.42. The smallest absolute Gasteiger partial charge is 0.363 e. The Bertz CT molecular complexity index is 1420. The lowest BCUT2D eigenvalue weighted by Gasteiger charge is -2.29. The van der Waals surface area contributed by atoms with Crippen LogP contribution in [0, 0.1) is 10.1 Å². The first-order chi connectivity index (χ1) is 16.2. The number of fused-ring (bicyclic) bond motifs is 1. The van der Waals surface area contributed by atoms with Gasteiger partial charge < -0.3 is 14.6 Å². The van der Waals surface area contributed by atoms with Crippen LogP contribution in [0.5, 0.6) is 0 Å². The molecule has 10 heteroatoms. The minimum absolute atomic E-state index is 0.0393. The molecule has 2 aromatic carbocycles. The van der Waals surface area contributed by atoms with Crippen LogP contribution in [0.25, 0.3) is 22.4 Å². The van der Waals surface area contributed by atoms with Gasteiger partial charge in [0, 0.05) is 11.6 Å². The van der Waals surface area contributed by atoms with Crippen LogP contribution < -0.4 is 5.63 Å². The van der Waals surface area contributed by atoms with E-state index in [2.05, 4.69) is 4.98 Å². The molecule has 0 atom stereocenters. The largest absolute Gasteiger partial charge is 0.481 e. The third-order valence-electron chi connectivity index (χ3n) is 6.15. The zero-order valence-electron chi connectivity index (χ0n) is 20.0. The van der Waals surface area contributed by atoms with E-state index < -0.39 is 39.0 Å². The molecule has 0 saturated heterocycles. The average molecular weight is 482 g/mol. The average Bonchev–Trinajstić information content (AvgIpc) is 2.77. The number of nitrogens with zero attached hydrogens (tertiary/aromatic N) is 2. The lowest BCUT2D eigenvalue weighted by molar-refractivity contribution is -0.386. The minimum Gasteiger partial charge on any atom is -0.481 e. The van der Waals surface area contributed by atoms with E-state index in [4.69, 9.17) is 4.42 Å². The summed E-state index contributed by atoms with van der Waals surface area (Å²) >= 11 is 0. The van der Waals surface area contributed by atoms with Gasteiger partial charge in [0.2, 0.25) is 0 Å². The molecule has 184 valence electrons. The number of carboxylic acids is 2. The van der Waals surface area contributed by atoms with E-state index >= 15 is 0 Å². The van der Waals surface area contributed by atoms with E-state index in [9.17, 15) is 34.7 Å². The van der Waals surface area contributed by atoms with Crippen LogP contribution in [-0.2, 0) is 26.8 Å². The Kier molecular flexibility index (Phi) is 6.52. The molecule has 0 amide bonds. The summed E-state index contributed by atoms with van der Waals surface area (Å²) in [6.45, 7) is 7.16. The molecule has 0 fully saturated rings. The van der Waals surface area contributed by atoms with Gasteiger partial charge in [-0.15, -0.1) is 0 Å². The van der Waals surface area contributed by atoms with Crippen molar-refractivity contribution in [3.05, 3.63) is 67.6 Å². The van der Waals surface area contributed by atoms with Gasteiger partial charge in [-0.05, 0) is 63.4 Å². The van der Waals surface area contributed by atoms with Crippen LogP contribution in [0.4, 0.5) is 5.69 Å². The molecular formula is C25H26N2O8. The molecule has 3 rings (SSSR count). The van der Waals surface area contributed by atoms with Crippen molar-refractivity contribution < 1.29 is 29.1 Å². The summed E-state index contributed by atoms with van der Waals surface area (Å²) in [6.07, 6.45) is 1.66. The Morgan fingerprint density at radius 3 is 2.23 bits per heavy atom. The number of aryl methyl sites for hydroxylation is 1. The minimum atomic E-state index is -1.81. The van der Waals surface area contributed by atoms with Gasteiger partial charge >= 0.3 is 17.6 Å². The van der Waals surface area contributed by atoms with Crippen LogP contribution in [0.1, 0.15) is 57.7 Å². The third-order valence-corrected chi connectivity index (χ3v) is 6.15. The molecule has 1 heterocycles. The van der Waals surface area contributed by atoms with E-state index in [0.29, 0.717) is 5.52 Å². The van der Waals surface area contributed by atoms with Crippen molar-refractivity contribution in [3.8, 4) is 11.3 Å². The van der Waals surface area contributed by atoms with Gasteiger partial charge in [-0.1, -0.05) is 19.4 Å². The second kappa shape index (κ2) is 8.94. The van der Waals surface area contributed by atoms with Crippen molar-refractivity contribution in [1.29, 1.82) is 0 Å². The summed E-state index contributed by atoms with van der Waals surface area (Å²) in [5.41, 5.74) is -4.11. The maximum absolute atomic E-state index is 12.8. The number of hydrogen-bond donors (Lipinski definition) is 2. The number of nitro benzene ring substituents is 1. The summed E-state index contributed by atoms with van der Waals surface area (Å²) in [4.78, 5) is 52.7. The highest BCUT2D eigenvalue weighted by atomic mass is 16.6. The van der Waals surface area contributed by atoms with Crippen LogP contribution in [0.2, 0.25) is 0 Å². The Morgan fingerprint density at radius 1 is 1.06 bits per heavy atom. The quantitative estimate of drug-likeness (QED) is 0.349. The Balaban J connectivity index is 2.44. The topological polar surface area (TPSA) is 161 Å². The number of rotatable bonds is 8. The molecule has 0 spiro atoms. The maximum Gasteiger partial charge on any atom is 0.363 e. The maximum atomic E-state index is 12.8. The highest BCUT2D eigenvalue weighted by Gasteiger charge is 2.44. The fourth-order valence-electron chi connectivity index (χ4n) is 3.96. The fraction of sp³-hybridized carbons (Fsp3) is 0.360. The molecule has 0 aliphatic carbocycles. The number of benzene rings is 2. The standard InChI is InChI=1S/C25H26N2O8/c1-6-7-13-8-9-18-16(10-13)26-20(21(28)35-18)14-11-15(24(2,3)22(29)30)19(17(12-14)27(33)34)25(4,5)23(31)32/h8-12H,6-7H2,1-5H3,(H,29,30)(H,31,32). The van der Waals surface area contributed by atoms with Gasteiger partial charge in [-0.25, -0.2) is 9.78 Å². The van der Waals surface area contributed by atoms with Crippen molar-refractivity contribution >= 4 is 28.7 Å². The molecule has 2 N–H and O–H groups in total. The number of carbonyl (C=O) groups is 2.